The van der Waals surface area contributed by atoms with Crippen LogP contribution in [0.15, 0.2) is 121 Å². The summed E-state index contributed by atoms with van der Waals surface area (Å²) in [6.07, 6.45) is 0. The number of carboxylic acid groups (broad SMARTS) is 4. The first kappa shape index (κ1) is 32.2. The molecule has 0 radical (unpaired) electrons. The van der Waals surface area contributed by atoms with E-state index in [1.54, 1.807) is 121 Å². The second-order valence-corrected chi connectivity index (χ2v) is 6.68. The normalized spacial score (nSPS) is 8.65. The zero-order valence-corrected chi connectivity index (χ0v) is 21.1. The molecule has 9 heteroatoms. The lowest BCUT2D eigenvalue weighted by Crippen LogP contribution is -1.93. The standard InChI is InChI=1S/4C7H6O2.BrH/c4*8-7(9)6-4-2-1-3-5-6;/h4*1-5H,(H,8,9);1H. The molecule has 0 aliphatic rings. The Morgan fingerprint density at radius 3 is 0.541 bits per heavy atom. The van der Waals surface area contributed by atoms with Gasteiger partial charge in [0.2, 0.25) is 0 Å². The fourth-order valence-electron chi connectivity index (χ4n) is 2.32. The Balaban J connectivity index is 0.000000463. The minimum absolute atomic E-state index is 0. The van der Waals surface area contributed by atoms with Crippen LogP contribution in [0.3, 0.4) is 0 Å². The van der Waals surface area contributed by atoms with E-state index in [1.165, 1.54) is 0 Å². The van der Waals surface area contributed by atoms with Crippen molar-refractivity contribution in [1.29, 1.82) is 0 Å². The van der Waals surface area contributed by atoms with Crippen LogP contribution in [0.2, 0.25) is 0 Å². The largest absolute Gasteiger partial charge is 0.478 e. The molecule has 0 spiro atoms. The molecule has 0 fully saturated rings. The summed E-state index contributed by atoms with van der Waals surface area (Å²) >= 11 is 0. The molecule has 0 heterocycles. The molecule has 0 unspecified atom stereocenters. The fraction of sp³-hybridized carbons (Fsp3) is 0. The van der Waals surface area contributed by atoms with E-state index >= 15 is 0 Å². The number of hydrogen-bond donors (Lipinski definition) is 4. The number of aromatic carboxylic acids is 4. The van der Waals surface area contributed by atoms with Gasteiger partial charge >= 0.3 is 23.9 Å². The number of carboxylic acids is 4. The third-order valence-corrected chi connectivity index (χ3v) is 4.08. The van der Waals surface area contributed by atoms with Crippen molar-refractivity contribution >= 4 is 40.9 Å². The maximum atomic E-state index is 10.2. The van der Waals surface area contributed by atoms with Crippen LogP contribution in [-0.4, -0.2) is 44.3 Å². The zero-order chi connectivity index (χ0) is 26.8. The molecular formula is C28H25BrO8. The highest BCUT2D eigenvalue weighted by Gasteiger charge is 1.98. The van der Waals surface area contributed by atoms with Gasteiger partial charge in [-0.15, -0.1) is 17.0 Å². The third-order valence-electron chi connectivity index (χ3n) is 4.08. The summed E-state index contributed by atoms with van der Waals surface area (Å²) in [7, 11) is 0. The summed E-state index contributed by atoms with van der Waals surface area (Å²) in [6.45, 7) is 0. The molecule has 8 nitrogen and oxygen atoms in total. The lowest BCUT2D eigenvalue weighted by Gasteiger charge is -1.88. The fourth-order valence-corrected chi connectivity index (χ4v) is 2.32. The molecule has 192 valence electrons. The SMILES string of the molecule is Br.O=C(O)c1ccccc1.O=C(O)c1ccccc1.O=C(O)c1ccccc1.O=C(O)c1ccccc1. The van der Waals surface area contributed by atoms with Crippen LogP contribution in [0.4, 0.5) is 0 Å². The van der Waals surface area contributed by atoms with E-state index in [4.69, 9.17) is 20.4 Å². The smallest absolute Gasteiger partial charge is 0.335 e. The Labute approximate surface area is 223 Å². The average Bonchev–Trinajstić information content (AvgIpc) is 2.92. The molecule has 37 heavy (non-hydrogen) atoms. The maximum Gasteiger partial charge on any atom is 0.335 e. The molecule has 0 atom stereocenters. The van der Waals surface area contributed by atoms with Gasteiger partial charge in [0.1, 0.15) is 0 Å². The Bertz CT molecular complexity index is 1020. The quantitative estimate of drug-likeness (QED) is 0.230. The number of benzene rings is 4. The van der Waals surface area contributed by atoms with Crippen molar-refractivity contribution in [3.05, 3.63) is 144 Å². The van der Waals surface area contributed by atoms with Crippen LogP contribution in [0.5, 0.6) is 0 Å². The Morgan fingerprint density at radius 2 is 0.459 bits per heavy atom. The van der Waals surface area contributed by atoms with Crippen LogP contribution in [0.25, 0.3) is 0 Å². The van der Waals surface area contributed by atoms with Crippen LogP contribution < -0.4 is 0 Å². The molecule has 0 bridgehead atoms. The van der Waals surface area contributed by atoms with E-state index in [1.807, 2.05) is 0 Å². The Kier molecular flexibility index (Phi) is 16.2. The average molecular weight is 569 g/mol. The lowest BCUT2D eigenvalue weighted by molar-refractivity contribution is 0.0686. The van der Waals surface area contributed by atoms with Crippen molar-refractivity contribution < 1.29 is 39.6 Å². The summed E-state index contributed by atoms with van der Waals surface area (Å²) in [5.41, 5.74) is 1.32. The summed E-state index contributed by atoms with van der Waals surface area (Å²) in [6, 6.07) is 33.2. The van der Waals surface area contributed by atoms with E-state index in [9.17, 15) is 19.2 Å². The summed E-state index contributed by atoms with van der Waals surface area (Å²) in [5.74, 6) is -3.52. The van der Waals surface area contributed by atoms with Gasteiger partial charge in [-0.3, -0.25) is 0 Å². The van der Waals surface area contributed by atoms with Gasteiger partial charge < -0.3 is 20.4 Å². The highest BCUT2D eigenvalue weighted by atomic mass is 79.9. The molecule has 4 aromatic carbocycles. The number of halogens is 1. The van der Waals surface area contributed by atoms with E-state index in [0.717, 1.165) is 0 Å². The van der Waals surface area contributed by atoms with Gasteiger partial charge in [-0.25, -0.2) is 19.2 Å². The van der Waals surface area contributed by atoms with Gasteiger partial charge in [-0.2, -0.15) is 0 Å². The number of rotatable bonds is 4. The molecule has 0 aliphatic heterocycles. The van der Waals surface area contributed by atoms with Crippen molar-refractivity contribution in [2.75, 3.05) is 0 Å². The molecule has 0 aromatic heterocycles. The van der Waals surface area contributed by atoms with E-state index in [-0.39, 0.29) is 17.0 Å². The van der Waals surface area contributed by atoms with Crippen molar-refractivity contribution in [2.24, 2.45) is 0 Å². The summed E-state index contributed by atoms with van der Waals surface area (Å²) in [5, 5.41) is 33.5. The van der Waals surface area contributed by atoms with E-state index < -0.39 is 23.9 Å². The van der Waals surface area contributed by atoms with Gasteiger partial charge in [0.15, 0.2) is 0 Å². The first-order valence-electron chi connectivity index (χ1n) is 10.4. The van der Waals surface area contributed by atoms with Crippen LogP contribution in [0.1, 0.15) is 41.4 Å². The summed E-state index contributed by atoms with van der Waals surface area (Å²) in [4.78, 5) is 40.8. The van der Waals surface area contributed by atoms with Gasteiger partial charge in [-0.1, -0.05) is 72.8 Å². The van der Waals surface area contributed by atoms with Gasteiger partial charge in [0, 0.05) is 0 Å². The monoisotopic (exact) mass is 568 g/mol. The Hall–Kier alpha value is -4.76. The molecular weight excluding hydrogens is 544 g/mol. The predicted octanol–water partition coefficient (Wildman–Crippen LogP) is 6.12. The zero-order valence-electron chi connectivity index (χ0n) is 19.4. The minimum atomic E-state index is -0.879. The highest BCUT2D eigenvalue weighted by molar-refractivity contribution is 8.93. The first-order valence-corrected chi connectivity index (χ1v) is 10.4. The van der Waals surface area contributed by atoms with Crippen LogP contribution in [-0.2, 0) is 0 Å². The second-order valence-electron chi connectivity index (χ2n) is 6.68. The second kappa shape index (κ2) is 18.6. The van der Waals surface area contributed by atoms with Crippen molar-refractivity contribution in [1.82, 2.24) is 0 Å². The molecule has 4 aromatic rings. The number of hydrogen-bond acceptors (Lipinski definition) is 4. The van der Waals surface area contributed by atoms with Gasteiger partial charge in [0.25, 0.3) is 0 Å². The predicted molar refractivity (Wildman–Crippen MR) is 144 cm³/mol. The van der Waals surface area contributed by atoms with Crippen molar-refractivity contribution in [3.63, 3.8) is 0 Å². The van der Waals surface area contributed by atoms with Crippen molar-refractivity contribution in [3.8, 4) is 0 Å². The molecule has 0 saturated carbocycles. The molecule has 0 aliphatic carbocycles. The van der Waals surface area contributed by atoms with E-state index in [0.29, 0.717) is 22.3 Å². The summed E-state index contributed by atoms with van der Waals surface area (Å²) < 4.78 is 0. The topological polar surface area (TPSA) is 149 Å². The van der Waals surface area contributed by atoms with Gasteiger partial charge in [-0.05, 0) is 48.5 Å². The Morgan fingerprint density at radius 1 is 0.324 bits per heavy atom. The maximum absolute atomic E-state index is 10.2. The highest BCUT2D eigenvalue weighted by Crippen LogP contribution is 1.98. The van der Waals surface area contributed by atoms with Crippen LogP contribution >= 0.6 is 17.0 Å². The molecule has 0 saturated heterocycles. The van der Waals surface area contributed by atoms with E-state index in [2.05, 4.69) is 0 Å². The first-order chi connectivity index (χ1) is 17.2. The van der Waals surface area contributed by atoms with Crippen molar-refractivity contribution in [2.45, 2.75) is 0 Å². The third kappa shape index (κ3) is 14.3. The molecule has 4 rings (SSSR count). The molecule has 0 amide bonds. The number of carbonyl (C=O) groups is 4. The van der Waals surface area contributed by atoms with Gasteiger partial charge in [0.05, 0.1) is 22.3 Å². The molecule has 4 N–H and O–H groups in total. The minimum Gasteiger partial charge on any atom is -0.478 e. The van der Waals surface area contributed by atoms with Crippen LogP contribution in [0, 0.1) is 0 Å². The lowest BCUT2D eigenvalue weighted by atomic mass is 10.2.